The molecule has 11 nitrogen and oxygen atoms in total. The van der Waals surface area contributed by atoms with Crippen LogP contribution in [0.2, 0.25) is 0 Å². The zero-order chi connectivity index (χ0) is 32.2. The molecule has 1 aliphatic heterocycles. The molecule has 0 unspecified atom stereocenters. The van der Waals surface area contributed by atoms with Gasteiger partial charge in [0.25, 0.3) is 5.91 Å². The van der Waals surface area contributed by atoms with Gasteiger partial charge in [0.1, 0.15) is 31.0 Å². The summed E-state index contributed by atoms with van der Waals surface area (Å²) in [6.45, 7) is 4.79. The van der Waals surface area contributed by atoms with E-state index in [0.717, 1.165) is 11.1 Å². The average molecular weight is 617 g/mol. The third kappa shape index (κ3) is 9.21. The van der Waals surface area contributed by atoms with E-state index in [1.807, 2.05) is 56.3 Å². The van der Waals surface area contributed by atoms with Gasteiger partial charge in [-0.25, -0.2) is 0 Å². The summed E-state index contributed by atoms with van der Waals surface area (Å²) in [5.74, 6) is -0.570. The lowest BCUT2D eigenvalue weighted by atomic mass is 10.0. The second-order valence-corrected chi connectivity index (χ2v) is 10.6. The van der Waals surface area contributed by atoms with Gasteiger partial charge in [-0.1, -0.05) is 48.5 Å². The van der Waals surface area contributed by atoms with Crippen molar-refractivity contribution in [2.75, 3.05) is 40.0 Å². The Morgan fingerprint density at radius 3 is 2.51 bits per heavy atom. The van der Waals surface area contributed by atoms with Crippen molar-refractivity contribution in [3.05, 3.63) is 89.5 Å². The van der Waals surface area contributed by atoms with Gasteiger partial charge in [-0.3, -0.25) is 19.2 Å². The lowest BCUT2D eigenvalue weighted by Gasteiger charge is -2.28. The second kappa shape index (κ2) is 16.1. The fraction of sp³-hybridized carbons (Fsp3) is 0.353. The molecule has 45 heavy (non-hydrogen) atoms. The van der Waals surface area contributed by atoms with Gasteiger partial charge in [-0.2, -0.15) is 0 Å². The van der Waals surface area contributed by atoms with Crippen LogP contribution in [0.1, 0.15) is 34.8 Å². The highest BCUT2D eigenvalue weighted by Crippen LogP contribution is 2.27. The number of hydrogen-bond acceptors (Lipinski definition) is 7. The highest BCUT2D eigenvalue weighted by Gasteiger charge is 2.30. The van der Waals surface area contributed by atoms with Crippen LogP contribution in [-0.4, -0.2) is 80.6 Å². The van der Waals surface area contributed by atoms with Crippen LogP contribution < -0.4 is 30.2 Å². The number of fused-ring (bicyclic) bond motifs is 1. The molecular formula is C34H40N4O7. The Labute approximate surface area is 263 Å². The largest absolute Gasteiger partial charge is 0.493 e. The first-order valence-corrected chi connectivity index (χ1v) is 15.0. The molecule has 4 amide bonds. The highest BCUT2D eigenvalue weighted by molar-refractivity contribution is 6.01. The molecule has 11 heteroatoms. The van der Waals surface area contributed by atoms with Crippen molar-refractivity contribution < 1.29 is 33.4 Å². The van der Waals surface area contributed by atoms with E-state index in [0.29, 0.717) is 23.8 Å². The number of para-hydroxylation sites is 1. The molecule has 2 atom stereocenters. The minimum atomic E-state index is -1.24. The number of likely N-dealkylation sites (N-methyl/N-ethyl adjacent to an activating group) is 1. The summed E-state index contributed by atoms with van der Waals surface area (Å²) in [6.07, 6.45) is -0.132. The van der Waals surface area contributed by atoms with E-state index in [1.54, 1.807) is 42.3 Å². The van der Waals surface area contributed by atoms with E-state index in [-0.39, 0.29) is 44.2 Å². The van der Waals surface area contributed by atoms with Gasteiger partial charge in [-0.05, 0) is 49.2 Å². The van der Waals surface area contributed by atoms with Gasteiger partial charge in [0.15, 0.2) is 11.5 Å². The molecule has 0 fully saturated rings. The maximum absolute atomic E-state index is 13.6. The molecule has 0 saturated heterocycles. The van der Waals surface area contributed by atoms with Crippen molar-refractivity contribution in [1.29, 1.82) is 0 Å². The summed E-state index contributed by atoms with van der Waals surface area (Å²) >= 11 is 0. The number of aryl methyl sites for hydroxylation is 1. The number of carbonyl (C=O) groups excluding carboxylic acids is 4. The molecule has 238 valence electrons. The van der Waals surface area contributed by atoms with Crippen LogP contribution in [0.4, 0.5) is 0 Å². The third-order valence-corrected chi connectivity index (χ3v) is 7.35. The second-order valence-electron chi connectivity index (χ2n) is 10.6. The lowest BCUT2D eigenvalue weighted by Crippen LogP contribution is -2.54. The lowest BCUT2D eigenvalue weighted by molar-refractivity contribution is -0.137. The zero-order valence-corrected chi connectivity index (χ0v) is 25.8. The first kappa shape index (κ1) is 32.8. The molecule has 0 spiro atoms. The molecule has 0 aliphatic carbocycles. The highest BCUT2D eigenvalue weighted by atomic mass is 16.5. The summed E-state index contributed by atoms with van der Waals surface area (Å²) in [5, 5.41) is 8.25. The van der Waals surface area contributed by atoms with Gasteiger partial charge >= 0.3 is 0 Å². The fourth-order valence-electron chi connectivity index (χ4n) is 4.98. The molecule has 0 bridgehead atoms. The Kier molecular flexibility index (Phi) is 11.8. The van der Waals surface area contributed by atoms with Crippen molar-refractivity contribution in [3.8, 4) is 17.2 Å². The summed E-state index contributed by atoms with van der Waals surface area (Å²) < 4.78 is 17.1. The van der Waals surface area contributed by atoms with E-state index in [1.165, 1.54) is 0 Å². The molecule has 4 rings (SSSR count). The Hall–Kier alpha value is -5.06. The smallest absolute Gasteiger partial charge is 0.255 e. The predicted octanol–water partition coefficient (Wildman–Crippen LogP) is 2.66. The maximum Gasteiger partial charge on any atom is 0.255 e. The SMILES string of the molecule is CCN1CCOc2ccccc2C(=O)N[C@H](C(=O)NCCOc2ccc(C)cc2OC)CC(=O)N[C@@H](Cc2ccccc2)C1=O. The minimum absolute atomic E-state index is 0.101. The van der Waals surface area contributed by atoms with E-state index in [2.05, 4.69) is 16.0 Å². The van der Waals surface area contributed by atoms with E-state index in [4.69, 9.17) is 14.2 Å². The number of hydrogen-bond donors (Lipinski definition) is 3. The number of amides is 4. The van der Waals surface area contributed by atoms with Gasteiger partial charge in [0.2, 0.25) is 17.7 Å². The molecule has 3 aromatic carbocycles. The first-order chi connectivity index (χ1) is 21.8. The van der Waals surface area contributed by atoms with E-state index in [9.17, 15) is 19.2 Å². The third-order valence-electron chi connectivity index (χ3n) is 7.35. The summed E-state index contributed by atoms with van der Waals surface area (Å²) in [5.41, 5.74) is 2.09. The van der Waals surface area contributed by atoms with Gasteiger partial charge < -0.3 is 35.1 Å². The van der Waals surface area contributed by atoms with Crippen LogP contribution in [0.3, 0.4) is 0 Å². The van der Waals surface area contributed by atoms with Crippen molar-refractivity contribution >= 4 is 23.6 Å². The van der Waals surface area contributed by atoms with E-state index < -0.39 is 36.2 Å². The molecule has 3 N–H and O–H groups in total. The van der Waals surface area contributed by atoms with Crippen molar-refractivity contribution in [3.63, 3.8) is 0 Å². The normalized spacial score (nSPS) is 17.6. The standard InChI is InChI=1S/C34H40N4O7/c1-4-38-17-19-45-28-13-9-8-12-25(28)32(40)37-26(22-31(39)36-27(34(38)42)21-24-10-6-5-7-11-24)33(41)35-16-18-44-29-15-14-23(2)20-30(29)43-3/h5-15,20,26-27H,4,16-19,21-22H2,1-3H3,(H,35,41)(H,36,39)(H,37,40)/t26-,27-/m0/s1. The molecule has 1 heterocycles. The number of nitrogens with zero attached hydrogens (tertiary/aromatic N) is 1. The van der Waals surface area contributed by atoms with Crippen LogP contribution in [0.25, 0.3) is 0 Å². The molecule has 0 saturated carbocycles. The van der Waals surface area contributed by atoms with Crippen LogP contribution in [0, 0.1) is 6.92 Å². The monoisotopic (exact) mass is 616 g/mol. The Balaban J connectivity index is 1.53. The van der Waals surface area contributed by atoms with Crippen LogP contribution in [-0.2, 0) is 20.8 Å². The van der Waals surface area contributed by atoms with Crippen LogP contribution >= 0.6 is 0 Å². The Morgan fingerprint density at radius 1 is 1.00 bits per heavy atom. The number of ether oxygens (including phenoxy) is 3. The molecule has 3 aromatic rings. The van der Waals surface area contributed by atoms with Crippen molar-refractivity contribution in [1.82, 2.24) is 20.9 Å². The number of nitrogens with one attached hydrogen (secondary N) is 3. The Bertz CT molecular complexity index is 1480. The summed E-state index contributed by atoms with van der Waals surface area (Å²) in [7, 11) is 1.55. The van der Waals surface area contributed by atoms with Crippen molar-refractivity contribution in [2.24, 2.45) is 0 Å². The number of benzene rings is 3. The van der Waals surface area contributed by atoms with Crippen LogP contribution in [0.15, 0.2) is 72.8 Å². The number of carbonyl (C=O) groups is 4. The molecule has 0 radical (unpaired) electrons. The predicted molar refractivity (Wildman–Crippen MR) is 168 cm³/mol. The average Bonchev–Trinajstić information content (AvgIpc) is 3.04. The number of rotatable bonds is 9. The van der Waals surface area contributed by atoms with Gasteiger partial charge in [0, 0.05) is 13.0 Å². The molecular weight excluding hydrogens is 576 g/mol. The topological polar surface area (TPSA) is 135 Å². The zero-order valence-electron chi connectivity index (χ0n) is 25.8. The fourth-order valence-corrected chi connectivity index (χ4v) is 4.98. The first-order valence-electron chi connectivity index (χ1n) is 15.0. The summed E-state index contributed by atoms with van der Waals surface area (Å²) in [4.78, 5) is 55.4. The summed E-state index contributed by atoms with van der Waals surface area (Å²) in [6, 6.07) is 19.4. The molecule has 1 aliphatic rings. The van der Waals surface area contributed by atoms with Crippen molar-refractivity contribution in [2.45, 2.75) is 38.8 Å². The van der Waals surface area contributed by atoms with E-state index >= 15 is 0 Å². The number of methoxy groups -OCH3 is 1. The molecule has 0 aromatic heterocycles. The van der Waals surface area contributed by atoms with Crippen LogP contribution in [0.5, 0.6) is 17.2 Å². The van der Waals surface area contributed by atoms with Gasteiger partial charge in [0.05, 0.1) is 32.2 Å². The van der Waals surface area contributed by atoms with Gasteiger partial charge in [-0.15, -0.1) is 0 Å². The quantitative estimate of drug-likeness (QED) is 0.315. The minimum Gasteiger partial charge on any atom is -0.493 e. The Morgan fingerprint density at radius 2 is 1.76 bits per heavy atom. The maximum atomic E-state index is 13.6.